The first kappa shape index (κ1) is 18.7. The molecule has 2 aliphatic heterocycles. The molecule has 1 aromatic rings. The summed E-state index contributed by atoms with van der Waals surface area (Å²) >= 11 is 0. The van der Waals surface area contributed by atoms with Crippen LogP contribution in [-0.4, -0.2) is 47.7 Å². The van der Waals surface area contributed by atoms with Gasteiger partial charge in [-0.3, -0.25) is 4.79 Å². The molecule has 0 unspecified atom stereocenters. The molecule has 3 fully saturated rings. The van der Waals surface area contributed by atoms with Gasteiger partial charge in [-0.15, -0.1) is 12.4 Å². The summed E-state index contributed by atoms with van der Waals surface area (Å²) in [6.45, 7) is 3.00. The average molecular weight is 365 g/mol. The summed E-state index contributed by atoms with van der Waals surface area (Å²) in [7, 11) is 0. The van der Waals surface area contributed by atoms with Crippen molar-refractivity contribution >= 4 is 18.3 Å². The highest BCUT2D eigenvalue weighted by molar-refractivity contribution is 5.85. The van der Waals surface area contributed by atoms with Crippen molar-refractivity contribution in [3.8, 4) is 0 Å². The van der Waals surface area contributed by atoms with Gasteiger partial charge in [0.15, 0.2) is 0 Å². The third kappa shape index (κ3) is 3.32. The van der Waals surface area contributed by atoms with Crippen LogP contribution in [0.1, 0.15) is 50.0 Å². The number of β-amino-alcohol motifs (C(OH)–C–C–N with tert-alkyl or cyclic N) is 1. The number of carbonyl (C=O) groups excluding carboxylic acids is 1. The molecule has 25 heavy (non-hydrogen) atoms. The Kier molecular flexibility index (Phi) is 5.42. The number of aliphatic hydroxyl groups is 1. The first-order chi connectivity index (χ1) is 11.6. The Balaban J connectivity index is 0.00000182. The van der Waals surface area contributed by atoms with E-state index in [9.17, 15) is 9.90 Å². The first-order valence-electron chi connectivity index (χ1n) is 9.38. The standard InChI is InChI=1S/C20H28N2O2.ClH/c23-18-12-17(16-6-2-1-3-7-16)13-22(18)15-20(24)10-11-21-14-19(20)8-4-5-9-19;/h1-3,6-7,17,21,24H,4-5,8-15H2;1H/t17-,20-;/m1./s1. The second kappa shape index (κ2) is 7.26. The summed E-state index contributed by atoms with van der Waals surface area (Å²) in [5, 5.41) is 15.0. The molecule has 1 saturated carbocycles. The van der Waals surface area contributed by atoms with Crippen LogP contribution in [0.2, 0.25) is 0 Å². The third-order valence-electron chi connectivity index (χ3n) is 6.66. The van der Waals surface area contributed by atoms with Crippen LogP contribution in [0, 0.1) is 5.41 Å². The number of rotatable bonds is 3. The highest BCUT2D eigenvalue weighted by Crippen LogP contribution is 2.50. The lowest BCUT2D eigenvalue weighted by molar-refractivity contribution is -0.143. The summed E-state index contributed by atoms with van der Waals surface area (Å²) in [6, 6.07) is 10.3. The topological polar surface area (TPSA) is 52.6 Å². The minimum atomic E-state index is -0.726. The van der Waals surface area contributed by atoms with Gasteiger partial charge in [0, 0.05) is 30.8 Å². The van der Waals surface area contributed by atoms with Crippen LogP contribution >= 0.6 is 12.4 Å². The van der Waals surface area contributed by atoms with Crippen LogP contribution in [0.15, 0.2) is 30.3 Å². The number of benzene rings is 1. The highest BCUT2D eigenvalue weighted by atomic mass is 35.5. The molecular formula is C20H29ClN2O2. The molecule has 1 aliphatic carbocycles. The Bertz CT molecular complexity index is 603. The lowest BCUT2D eigenvalue weighted by Gasteiger charge is -2.50. The normalized spacial score (nSPS) is 31.3. The largest absolute Gasteiger partial charge is 0.387 e. The zero-order chi connectivity index (χ0) is 16.6. The number of hydrogen-bond acceptors (Lipinski definition) is 3. The predicted octanol–water partition coefficient (Wildman–Crippen LogP) is 2.71. The highest BCUT2D eigenvalue weighted by Gasteiger charge is 2.54. The van der Waals surface area contributed by atoms with Crippen molar-refractivity contribution in [3.05, 3.63) is 35.9 Å². The quantitative estimate of drug-likeness (QED) is 0.867. The van der Waals surface area contributed by atoms with Gasteiger partial charge >= 0.3 is 0 Å². The predicted molar refractivity (Wildman–Crippen MR) is 101 cm³/mol. The molecule has 2 heterocycles. The summed E-state index contributed by atoms with van der Waals surface area (Å²) < 4.78 is 0. The molecule has 5 heteroatoms. The van der Waals surface area contributed by atoms with Gasteiger partial charge in [-0.25, -0.2) is 0 Å². The minimum absolute atomic E-state index is 0. The SMILES string of the molecule is Cl.O=C1C[C@@H](c2ccccc2)CN1C[C@]1(O)CCNCC12CCCC2. The van der Waals surface area contributed by atoms with Crippen molar-refractivity contribution in [2.45, 2.75) is 50.0 Å². The maximum absolute atomic E-state index is 12.6. The fourth-order valence-electron chi connectivity index (χ4n) is 5.18. The summed E-state index contributed by atoms with van der Waals surface area (Å²) in [5.74, 6) is 0.465. The van der Waals surface area contributed by atoms with Crippen LogP contribution in [-0.2, 0) is 4.79 Å². The second-order valence-electron chi connectivity index (χ2n) is 8.03. The van der Waals surface area contributed by atoms with Gasteiger partial charge in [-0.2, -0.15) is 0 Å². The third-order valence-corrected chi connectivity index (χ3v) is 6.66. The van der Waals surface area contributed by atoms with Gasteiger partial charge < -0.3 is 15.3 Å². The second-order valence-corrected chi connectivity index (χ2v) is 8.03. The van der Waals surface area contributed by atoms with Crippen molar-refractivity contribution in [2.24, 2.45) is 5.41 Å². The molecule has 2 saturated heterocycles. The molecule has 2 atom stereocenters. The fraction of sp³-hybridized carbons (Fsp3) is 0.650. The lowest BCUT2D eigenvalue weighted by Crippen LogP contribution is -2.62. The van der Waals surface area contributed by atoms with E-state index in [0.29, 0.717) is 13.0 Å². The van der Waals surface area contributed by atoms with E-state index < -0.39 is 5.60 Å². The summed E-state index contributed by atoms with van der Waals surface area (Å²) in [4.78, 5) is 14.5. The molecule has 1 spiro atoms. The van der Waals surface area contributed by atoms with E-state index >= 15 is 0 Å². The average Bonchev–Trinajstić information content (AvgIpc) is 3.20. The molecule has 2 N–H and O–H groups in total. The number of piperidine rings is 1. The molecule has 0 radical (unpaired) electrons. The molecule has 138 valence electrons. The molecule has 4 rings (SSSR count). The van der Waals surface area contributed by atoms with Gasteiger partial charge in [0.2, 0.25) is 5.91 Å². The molecule has 0 bridgehead atoms. The number of nitrogens with zero attached hydrogens (tertiary/aromatic N) is 1. The Labute approximate surface area is 156 Å². The molecule has 0 aromatic heterocycles. The minimum Gasteiger partial charge on any atom is -0.387 e. The van der Waals surface area contributed by atoms with Crippen molar-refractivity contribution in [1.82, 2.24) is 10.2 Å². The van der Waals surface area contributed by atoms with Crippen LogP contribution < -0.4 is 5.32 Å². The van der Waals surface area contributed by atoms with E-state index in [0.717, 1.165) is 38.9 Å². The summed E-state index contributed by atoms with van der Waals surface area (Å²) in [6.07, 6.45) is 5.90. The van der Waals surface area contributed by atoms with Crippen molar-refractivity contribution in [3.63, 3.8) is 0 Å². The van der Waals surface area contributed by atoms with Gasteiger partial charge in [-0.05, 0) is 31.4 Å². The van der Waals surface area contributed by atoms with Crippen LogP contribution in [0.4, 0.5) is 0 Å². The van der Waals surface area contributed by atoms with Crippen molar-refractivity contribution in [2.75, 3.05) is 26.2 Å². The van der Waals surface area contributed by atoms with Crippen LogP contribution in [0.25, 0.3) is 0 Å². The smallest absolute Gasteiger partial charge is 0.223 e. The fourth-order valence-corrected chi connectivity index (χ4v) is 5.18. The number of hydrogen-bond donors (Lipinski definition) is 2. The number of carbonyl (C=O) groups is 1. The van der Waals surface area contributed by atoms with Gasteiger partial charge in [0.1, 0.15) is 0 Å². The van der Waals surface area contributed by atoms with Gasteiger partial charge in [-0.1, -0.05) is 43.2 Å². The van der Waals surface area contributed by atoms with E-state index in [1.807, 2.05) is 23.1 Å². The Hall–Kier alpha value is -1.10. The van der Waals surface area contributed by atoms with E-state index in [2.05, 4.69) is 17.4 Å². The Morgan fingerprint density at radius 2 is 1.88 bits per heavy atom. The molecule has 4 nitrogen and oxygen atoms in total. The molecule has 1 aromatic carbocycles. The Morgan fingerprint density at radius 1 is 1.16 bits per heavy atom. The number of halogens is 1. The molecule has 1 amide bonds. The first-order valence-corrected chi connectivity index (χ1v) is 9.38. The molecule has 3 aliphatic rings. The summed E-state index contributed by atoms with van der Waals surface area (Å²) in [5.41, 5.74) is 0.480. The monoisotopic (exact) mass is 364 g/mol. The Morgan fingerprint density at radius 3 is 2.60 bits per heavy atom. The van der Waals surface area contributed by atoms with E-state index in [1.54, 1.807) is 0 Å². The van der Waals surface area contributed by atoms with E-state index in [4.69, 9.17) is 0 Å². The van der Waals surface area contributed by atoms with Crippen molar-refractivity contribution in [1.29, 1.82) is 0 Å². The van der Waals surface area contributed by atoms with Gasteiger partial charge in [0.25, 0.3) is 0 Å². The maximum Gasteiger partial charge on any atom is 0.223 e. The number of nitrogens with one attached hydrogen (secondary N) is 1. The lowest BCUT2D eigenvalue weighted by atomic mass is 9.66. The zero-order valence-corrected chi connectivity index (χ0v) is 15.6. The van der Waals surface area contributed by atoms with E-state index in [-0.39, 0.29) is 29.6 Å². The van der Waals surface area contributed by atoms with Crippen LogP contribution in [0.5, 0.6) is 0 Å². The number of amides is 1. The molecular weight excluding hydrogens is 336 g/mol. The van der Waals surface area contributed by atoms with Gasteiger partial charge in [0.05, 0.1) is 12.1 Å². The zero-order valence-electron chi connectivity index (χ0n) is 14.7. The maximum atomic E-state index is 12.6. The van der Waals surface area contributed by atoms with Crippen molar-refractivity contribution < 1.29 is 9.90 Å². The van der Waals surface area contributed by atoms with Crippen LogP contribution in [0.3, 0.4) is 0 Å². The van der Waals surface area contributed by atoms with E-state index in [1.165, 1.54) is 18.4 Å². The number of likely N-dealkylation sites (tertiary alicyclic amines) is 1.